The summed E-state index contributed by atoms with van der Waals surface area (Å²) in [7, 11) is 0. The van der Waals surface area contributed by atoms with Gasteiger partial charge in [-0.15, -0.1) is 5.10 Å². The minimum absolute atomic E-state index is 0.0343. The van der Waals surface area contributed by atoms with Crippen molar-refractivity contribution in [1.29, 1.82) is 0 Å². The van der Waals surface area contributed by atoms with Gasteiger partial charge in [-0.1, -0.05) is 47.7 Å². The van der Waals surface area contributed by atoms with E-state index in [9.17, 15) is 14.4 Å². The molecular weight excluding hydrogens is 372 g/mol. The molecule has 0 aliphatic carbocycles. The normalized spacial score (nSPS) is 11.9. The maximum Gasteiger partial charge on any atom is 0.303 e. The molecule has 1 aromatic heterocycles. The maximum absolute atomic E-state index is 12.4. The molecule has 1 heterocycles. The third-order valence-corrected chi connectivity index (χ3v) is 4.58. The molecule has 0 aliphatic rings. The van der Waals surface area contributed by atoms with Gasteiger partial charge in [-0.05, 0) is 30.5 Å². The number of carboxylic acid groups (broad SMARTS) is 1. The SMILES string of the molecule is O=C(O)CCC(Cc1ccccc1)NC(=O)CCn1nnc2ccccc2c1=O. The highest BCUT2D eigenvalue weighted by atomic mass is 16.4. The van der Waals surface area contributed by atoms with E-state index in [1.54, 1.807) is 24.3 Å². The smallest absolute Gasteiger partial charge is 0.303 e. The van der Waals surface area contributed by atoms with E-state index in [1.807, 2.05) is 30.3 Å². The second kappa shape index (κ2) is 9.59. The molecule has 0 saturated carbocycles. The van der Waals surface area contributed by atoms with Crippen molar-refractivity contribution in [3.8, 4) is 0 Å². The minimum atomic E-state index is -0.907. The van der Waals surface area contributed by atoms with E-state index in [1.165, 1.54) is 4.68 Å². The van der Waals surface area contributed by atoms with Crippen molar-refractivity contribution < 1.29 is 14.7 Å². The Kier molecular flexibility index (Phi) is 6.67. The molecular formula is C21H22N4O4. The van der Waals surface area contributed by atoms with E-state index in [2.05, 4.69) is 15.6 Å². The molecule has 0 radical (unpaired) electrons. The number of nitrogens with one attached hydrogen (secondary N) is 1. The van der Waals surface area contributed by atoms with Gasteiger partial charge < -0.3 is 10.4 Å². The van der Waals surface area contributed by atoms with Crippen molar-refractivity contribution in [1.82, 2.24) is 20.3 Å². The topological polar surface area (TPSA) is 114 Å². The van der Waals surface area contributed by atoms with Crippen LogP contribution in [0.25, 0.3) is 10.9 Å². The Labute approximate surface area is 167 Å². The van der Waals surface area contributed by atoms with Crippen LogP contribution in [0.5, 0.6) is 0 Å². The van der Waals surface area contributed by atoms with Crippen LogP contribution in [0.2, 0.25) is 0 Å². The van der Waals surface area contributed by atoms with E-state index in [0.29, 0.717) is 23.7 Å². The molecule has 0 bridgehead atoms. The summed E-state index contributed by atoms with van der Waals surface area (Å²) >= 11 is 0. The predicted octanol–water partition coefficient (Wildman–Crippen LogP) is 1.77. The van der Waals surface area contributed by atoms with Crippen LogP contribution in [0.3, 0.4) is 0 Å². The second-order valence-electron chi connectivity index (χ2n) is 6.77. The molecule has 1 atom stereocenters. The number of benzene rings is 2. The molecule has 3 rings (SSSR count). The number of hydrogen-bond donors (Lipinski definition) is 2. The van der Waals surface area contributed by atoms with Gasteiger partial charge in [0.25, 0.3) is 5.56 Å². The lowest BCUT2D eigenvalue weighted by molar-refractivity contribution is -0.137. The molecule has 0 fully saturated rings. The average Bonchev–Trinajstić information content (AvgIpc) is 2.72. The summed E-state index contributed by atoms with van der Waals surface area (Å²) in [6.07, 6.45) is 0.875. The van der Waals surface area contributed by atoms with Gasteiger partial charge in [-0.2, -0.15) is 0 Å². The highest BCUT2D eigenvalue weighted by Crippen LogP contribution is 2.09. The highest BCUT2D eigenvalue weighted by Gasteiger charge is 2.15. The number of carboxylic acids is 1. The number of rotatable bonds is 9. The molecule has 3 aromatic rings. The molecule has 0 aliphatic heterocycles. The van der Waals surface area contributed by atoms with Crippen LogP contribution in [-0.2, 0) is 22.6 Å². The number of carbonyl (C=O) groups is 2. The Bertz CT molecular complexity index is 1050. The molecule has 2 N–H and O–H groups in total. The molecule has 0 spiro atoms. The van der Waals surface area contributed by atoms with Gasteiger partial charge in [0.2, 0.25) is 5.91 Å². The number of hydrogen-bond acceptors (Lipinski definition) is 5. The monoisotopic (exact) mass is 394 g/mol. The summed E-state index contributed by atoms with van der Waals surface area (Å²) in [5.74, 6) is -1.17. The molecule has 1 unspecified atom stereocenters. The zero-order valence-electron chi connectivity index (χ0n) is 15.8. The van der Waals surface area contributed by atoms with Crippen LogP contribution in [-0.4, -0.2) is 38.0 Å². The van der Waals surface area contributed by atoms with Gasteiger partial charge in [0.15, 0.2) is 0 Å². The predicted molar refractivity (Wildman–Crippen MR) is 107 cm³/mol. The third kappa shape index (κ3) is 5.71. The fourth-order valence-electron chi connectivity index (χ4n) is 3.10. The summed E-state index contributed by atoms with van der Waals surface area (Å²) < 4.78 is 1.17. The number of fused-ring (bicyclic) bond motifs is 1. The number of carbonyl (C=O) groups excluding carboxylic acids is 1. The van der Waals surface area contributed by atoms with Crippen LogP contribution in [0.4, 0.5) is 0 Å². The van der Waals surface area contributed by atoms with E-state index >= 15 is 0 Å². The summed E-state index contributed by atoms with van der Waals surface area (Å²) in [6.45, 7) is 0.0967. The Balaban J connectivity index is 1.62. The van der Waals surface area contributed by atoms with Crippen molar-refractivity contribution >= 4 is 22.8 Å². The second-order valence-corrected chi connectivity index (χ2v) is 6.77. The maximum atomic E-state index is 12.4. The van der Waals surface area contributed by atoms with E-state index in [4.69, 9.17) is 5.11 Å². The highest BCUT2D eigenvalue weighted by molar-refractivity contribution is 5.77. The summed E-state index contributed by atoms with van der Waals surface area (Å²) in [6, 6.07) is 16.2. The molecule has 8 heteroatoms. The Morgan fingerprint density at radius 3 is 2.52 bits per heavy atom. The largest absolute Gasteiger partial charge is 0.481 e. The van der Waals surface area contributed by atoms with E-state index in [0.717, 1.165) is 5.56 Å². The van der Waals surface area contributed by atoms with Crippen molar-refractivity contribution in [3.05, 3.63) is 70.5 Å². The lowest BCUT2D eigenvalue weighted by Crippen LogP contribution is -2.38. The van der Waals surface area contributed by atoms with Gasteiger partial charge in [0.1, 0.15) is 5.52 Å². The van der Waals surface area contributed by atoms with Crippen LogP contribution in [0.15, 0.2) is 59.4 Å². The standard InChI is InChI=1S/C21H22N4O4/c26-19(12-13-25-21(29)17-8-4-5-9-18(17)23-24-25)22-16(10-11-20(27)28)14-15-6-2-1-3-7-15/h1-9,16H,10-14H2,(H,22,26)(H,27,28). The van der Waals surface area contributed by atoms with E-state index < -0.39 is 5.97 Å². The van der Waals surface area contributed by atoms with Crippen molar-refractivity contribution in [2.24, 2.45) is 0 Å². The Morgan fingerprint density at radius 1 is 1.03 bits per heavy atom. The van der Waals surface area contributed by atoms with Gasteiger partial charge in [0.05, 0.1) is 11.9 Å². The molecule has 0 saturated heterocycles. The quantitative estimate of drug-likeness (QED) is 0.572. The van der Waals surface area contributed by atoms with Crippen LogP contribution in [0, 0.1) is 0 Å². The van der Waals surface area contributed by atoms with E-state index in [-0.39, 0.29) is 36.9 Å². The van der Waals surface area contributed by atoms with Crippen molar-refractivity contribution in [2.75, 3.05) is 0 Å². The van der Waals surface area contributed by atoms with Gasteiger partial charge >= 0.3 is 5.97 Å². The Hall–Kier alpha value is -3.55. The first-order valence-corrected chi connectivity index (χ1v) is 9.40. The summed E-state index contributed by atoms with van der Waals surface area (Å²) in [5, 5.41) is 20.2. The number of aliphatic carboxylic acids is 1. The van der Waals surface area contributed by atoms with Crippen LogP contribution < -0.4 is 10.9 Å². The zero-order chi connectivity index (χ0) is 20.6. The number of aromatic nitrogens is 3. The van der Waals surface area contributed by atoms with Gasteiger partial charge in [-0.3, -0.25) is 14.4 Å². The number of aryl methyl sites for hydroxylation is 1. The molecule has 8 nitrogen and oxygen atoms in total. The minimum Gasteiger partial charge on any atom is -0.481 e. The van der Waals surface area contributed by atoms with Gasteiger partial charge in [0, 0.05) is 18.9 Å². The lowest BCUT2D eigenvalue weighted by atomic mass is 10.0. The Morgan fingerprint density at radius 2 is 1.76 bits per heavy atom. The fraction of sp³-hybridized carbons (Fsp3) is 0.286. The number of nitrogens with zero attached hydrogens (tertiary/aromatic N) is 3. The van der Waals surface area contributed by atoms with Gasteiger partial charge in [-0.25, -0.2) is 4.68 Å². The first kappa shape index (κ1) is 20.2. The first-order chi connectivity index (χ1) is 14.0. The summed E-state index contributed by atoms with van der Waals surface area (Å²) in [4.78, 5) is 35.8. The lowest BCUT2D eigenvalue weighted by Gasteiger charge is -2.18. The molecule has 150 valence electrons. The number of amides is 1. The average molecular weight is 394 g/mol. The molecule has 1 amide bonds. The van der Waals surface area contributed by atoms with Crippen molar-refractivity contribution in [2.45, 2.75) is 38.3 Å². The zero-order valence-corrected chi connectivity index (χ0v) is 15.8. The molecule has 29 heavy (non-hydrogen) atoms. The summed E-state index contributed by atoms with van der Waals surface area (Å²) in [5.41, 5.74) is 1.23. The van der Waals surface area contributed by atoms with Crippen LogP contribution in [0.1, 0.15) is 24.8 Å². The third-order valence-electron chi connectivity index (χ3n) is 4.58. The molecule has 2 aromatic carbocycles. The fourth-order valence-corrected chi connectivity index (χ4v) is 3.10. The van der Waals surface area contributed by atoms with Crippen LogP contribution >= 0.6 is 0 Å². The first-order valence-electron chi connectivity index (χ1n) is 9.40. The van der Waals surface area contributed by atoms with Crippen molar-refractivity contribution in [3.63, 3.8) is 0 Å².